The van der Waals surface area contributed by atoms with Gasteiger partial charge in [-0.1, -0.05) is 12.1 Å². The average molecular weight is 659 g/mol. The van der Waals surface area contributed by atoms with Crippen LogP contribution in [-0.4, -0.2) is 50.2 Å². The van der Waals surface area contributed by atoms with Gasteiger partial charge in [-0.3, -0.25) is 38.0 Å². The van der Waals surface area contributed by atoms with Crippen LogP contribution in [-0.2, 0) is 58.6 Å². The highest BCUT2D eigenvalue weighted by molar-refractivity contribution is 7.67. The van der Waals surface area contributed by atoms with E-state index in [9.17, 15) is 48.3 Å². The molecule has 1 aliphatic heterocycles. The first kappa shape index (κ1) is 33.5. The molecule has 0 saturated carbocycles. The van der Waals surface area contributed by atoms with Crippen molar-refractivity contribution >= 4 is 29.2 Å². The third-order valence-corrected chi connectivity index (χ3v) is 9.86. The number of hydrogen-bond acceptors (Lipinski definition) is 15. The SMILES string of the molecule is COP(=O)(O)OP(=O)(OC)OP(=O)(O)OCC1=C(O)CC(n2cc(COCc3ccccc3[N+](=O)[O-])c(=O)[nH]c2=O)O1. The lowest BCUT2D eigenvalue weighted by Gasteiger charge is -2.20. The molecule has 42 heavy (non-hydrogen) atoms. The van der Waals surface area contributed by atoms with Gasteiger partial charge in [0.25, 0.3) is 11.2 Å². The standard InChI is InChI=1S/C19H24N3O17P3/c1-33-40(28,29)38-42(32,34-2)39-41(30,31)36-11-16-15(23)7-17(37-16)21-8-13(18(24)20-19(21)25)10-35-9-12-5-3-4-6-14(12)22(26)27/h3-6,8,17,23H,7,9-11H2,1-2H3,(H,28,29)(H,30,31)(H,20,24,25). The smallest absolute Gasteiger partial charge is 0.492 e. The Bertz CT molecular complexity index is 1620. The molecule has 0 aliphatic carbocycles. The van der Waals surface area contributed by atoms with Crippen LogP contribution in [0.1, 0.15) is 23.8 Å². The molecule has 1 aromatic carbocycles. The molecule has 4 atom stereocenters. The lowest BCUT2D eigenvalue weighted by molar-refractivity contribution is -0.386. The fourth-order valence-corrected chi connectivity index (χ4v) is 6.96. The zero-order chi connectivity index (χ0) is 31.3. The number of nitrogens with zero attached hydrogens (tertiary/aromatic N) is 2. The predicted molar refractivity (Wildman–Crippen MR) is 137 cm³/mol. The van der Waals surface area contributed by atoms with Crippen molar-refractivity contribution in [3.8, 4) is 0 Å². The van der Waals surface area contributed by atoms with Gasteiger partial charge in [0.1, 0.15) is 12.4 Å². The summed E-state index contributed by atoms with van der Waals surface area (Å²) >= 11 is 0. The van der Waals surface area contributed by atoms with Crippen molar-refractivity contribution < 1.29 is 65.2 Å². The van der Waals surface area contributed by atoms with E-state index >= 15 is 0 Å². The van der Waals surface area contributed by atoms with E-state index in [0.717, 1.165) is 10.8 Å². The third-order valence-electron chi connectivity index (χ3n) is 5.24. The largest absolute Gasteiger partial charge is 0.508 e. The molecule has 0 fully saturated rings. The fourth-order valence-electron chi connectivity index (χ4n) is 3.28. The minimum absolute atomic E-state index is 0.0817. The van der Waals surface area contributed by atoms with Gasteiger partial charge in [-0.15, -0.1) is 0 Å². The van der Waals surface area contributed by atoms with Crippen molar-refractivity contribution in [2.24, 2.45) is 0 Å². The zero-order valence-electron chi connectivity index (χ0n) is 21.6. The maximum Gasteiger partial charge on any atom is 0.492 e. The topological polar surface area (TPSA) is 275 Å². The summed E-state index contributed by atoms with van der Waals surface area (Å²) in [5.41, 5.74) is -1.80. The first-order valence-corrected chi connectivity index (χ1v) is 15.7. The molecule has 0 radical (unpaired) electrons. The van der Waals surface area contributed by atoms with Crippen LogP contribution in [0.4, 0.5) is 5.69 Å². The highest BCUT2D eigenvalue weighted by Crippen LogP contribution is 2.69. The van der Waals surface area contributed by atoms with Crippen LogP contribution in [0.25, 0.3) is 0 Å². The van der Waals surface area contributed by atoms with E-state index in [1.54, 1.807) is 6.07 Å². The molecule has 0 amide bonds. The maximum atomic E-state index is 12.4. The number of H-pyrrole nitrogens is 1. The molecule has 0 bridgehead atoms. The third kappa shape index (κ3) is 8.76. The number of nitro benzene ring substituents is 1. The Balaban J connectivity index is 1.66. The number of aromatic amines is 1. The zero-order valence-corrected chi connectivity index (χ0v) is 24.3. The normalized spacial score (nSPS) is 19.5. The molecular formula is C19H24N3O17P3. The van der Waals surface area contributed by atoms with Crippen LogP contribution >= 0.6 is 23.5 Å². The number of phosphoric ester groups is 2. The van der Waals surface area contributed by atoms with Crippen molar-refractivity contribution in [3.63, 3.8) is 0 Å². The predicted octanol–water partition coefficient (Wildman–Crippen LogP) is 2.50. The van der Waals surface area contributed by atoms with Crippen molar-refractivity contribution in [3.05, 3.63) is 84.1 Å². The van der Waals surface area contributed by atoms with Crippen molar-refractivity contribution in [2.75, 3.05) is 20.8 Å². The highest BCUT2D eigenvalue weighted by Gasteiger charge is 2.44. The highest BCUT2D eigenvalue weighted by atomic mass is 31.3. The molecule has 20 nitrogen and oxygen atoms in total. The Hall–Kier alpha value is -2.99. The number of nitrogens with one attached hydrogen (secondary N) is 1. The Morgan fingerprint density at radius 2 is 1.69 bits per heavy atom. The Kier molecular flexibility index (Phi) is 10.8. The summed E-state index contributed by atoms with van der Waals surface area (Å²) in [5, 5.41) is 21.4. The number of aliphatic hydroxyl groups excluding tert-OH is 1. The molecule has 1 aromatic heterocycles. The Morgan fingerprint density at radius 1 is 1.05 bits per heavy atom. The number of aliphatic hydroxyl groups is 1. The monoisotopic (exact) mass is 659 g/mol. The van der Waals surface area contributed by atoms with Gasteiger partial charge >= 0.3 is 29.2 Å². The number of hydrogen-bond donors (Lipinski definition) is 4. The van der Waals surface area contributed by atoms with Crippen LogP contribution in [0.2, 0.25) is 0 Å². The lowest BCUT2D eigenvalue weighted by atomic mass is 10.2. The summed E-state index contributed by atoms with van der Waals surface area (Å²) in [5.74, 6) is -1.01. The number of aromatic nitrogens is 2. The van der Waals surface area contributed by atoms with E-state index < -0.39 is 64.0 Å². The number of nitro groups is 1. The second kappa shape index (κ2) is 13.5. The molecule has 2 aromatic rings. The van der Waals surface area contributed by atoms with E-state index in [4.69, 9.17) is 9.47 Å². The van der Waals surface area contributed by atoms with Gasteiger partial charge in [0.15, 0.2) is 12.0 Å². The van der Waals surface area contributed by atoms with Gasteiger partial charge in [0.05, 0.1) is 35.7 Å². The molecule has 0 spiro atoms. The van der Waals surface area contributed by atoms with Gasteiger partial charge < -0.3 is 24.4 Å². The molecule has 23 heteroatoms. The van der Waals surface area contributed by atoms with Crippen molar-refractivity contribution in [1.29, 1.82) is 0 Å². The lowest BCUT2D eigenvalue weighted by Crippen LogP contribution is -2.34. The van der Waals surface area contributed by atoms with E-state index in [1.165, 1.54) is 18.2 Å². The van der Waals surface area contributed by atoms with E-state index in [1.807, 2.05) is 4.98 Å². The van der Waals surface area contributed by atoms with Gasteiger partial charge in [0, 0.05) is 26.5 Å². The molecule has 2 heterocycles. The fraction of sp³-hybridized carbons (Fsp3) is 0.368. The second-order valence-corrected chi connectivity index (χ2v) is 13.1. The summed E-state index contributed by atoms with van der Waals surface area (Å²) < 4.78 is 69.0. The van der Waals surface area contributed by atoms with Crippen molar-refractivity contribution in [1.82, 2.24) is 9.55 Å². The van der Waals surface area contributed by atoms with Crippen LogP contribution in [0, 0.1) is 10.1 Å². The quantitative estimate of drug-likeness (QED) is 0.121. The molecule has 1 aliphatic rings. The number of para-hydroxylation sites is 1. The molecule has 4 N–H and O–H groups in total. The van der Waals surface area contributed by atoms with E-state index in [0.29, 0.717) is 14.2 Å². The molecular weight excluding hydrogens is 635 g/mol. The Labute approximate surface area is 235 Å². The minimum Gasteiger partial charge on any atom is -0.508 e. The first-order valence-electron chi connectivity index (χ1n) is 11.2. The summed E-state index contributed by atoms with van der Waals surface area (Å²) in [7, 11) is -14.2. The summed E-state index contributed by atoms with van der Waals surface area (Å²) in [6.07, 6.45) is -0.590. The van der Waals surface area contributed by atoms with Crippen molar-refractivity contribution in [2.45, 2.75) is 25.9 Å². The molecule has 4 unspecified atom stereocenters. The van der Waals surface area contributed by atoms with Gasteiger partial charge in [-0.05, 0) is 6.07 Å². The average Bonchev–Trinajstić information content (AvgIpc) is 3.28. The van der Waals surface area contributed by atoms with E-state index in [-0.39, 0.29) is 36.4 Å². The van der Waals surface area contributed by atoms with Crippen LogP contribution < -0.4 is 11.2 Å². The number of ether oxygens (including phenoxy) is 2. The minimum atomic E-state index is -5.37. The number of rotatable bonds is 15. The van der Waals surface area contributed by atoms with Gasteiger partial charge in [-0.25, -0.2) is 18.5 Å². The molecule has 232 valence electrons. The summed E-state index contributed by atoms with van der Waals surface area (Å²) in [6, 6.07) is 5.79. The van der Waals surface area contributed by atoms with Gasteiger partial charge in [0.2, 0.25) is 0 Å². The maximum absolute atomic E-state index is 12.4. The summed E-state index contributed by atoms with van der Waals surface area (Å²) in [4.78, 5) is 56.4. The Morgan fingerprint density at radius 3 is 2.33 bits per heavy atom. The number of benzene rings is 1. The van der Waals surface area contributed by atoms with E-state index in [2.05, 4.69) is 22.2 Å². The van der Waals surface area contributed by atoms with Gasteiger partial charge in [-0.2, -0.15) is 8.62 Å². The van der Waals surface area contributed by atoms with Crippen LogP contribution in [0.15, 0.2) is 51.6 Å². The second-order valence-electron chi connectivity index (χ2n) is 8.03. The molecule has 3 rings (SSSR count). The summed E-state index contributed by atoms with van der Waals surface area (Å²) in [6.45, 7) is -1.60. The van der Waals surface area contributed by atoms with Crippen LogP contribution in [0.3, 0.4) is 0 Å². The molecule has 0 saturated heterocycles. The number of phosphoric acid groups is 3. The van der Waals surface area contributed by atoms with Crippen LogP contribution in [0.5, 0.6) is 0 Å². The first-order chi connectivity index (χ1) is 19.6.